The van der Waals surface area contributed by atoms with Gasteiger partial charge in [-0.05, 0) is 37.2 Å². The largest absolute Gasteiger partial charge is 0.474 e. The summed E-state index contributed by atoms with van der Waals surface area (Å²) in [7, 11) is 0. The lowest BCUT2D eigenvalue weighted by atomic mass is 9.95. The van der Waals surface area contributed by atoms with E-state index in [4.69, 9.17) is 4.74 Å². The Labute approximate surface area is 112 Å². The molecule has 1 heterocycles. The van der Waals surface area contributed by atoms with Crippen LogP contribution in [-0.4, -0.2) is 11.1 Å². The number of ether oxygens (including phenoxy) is 1. The first kappa shape index (κ1) is 15.0. The molecule has 0 amide bonds. The summed E-state index contributed by atoms with van der Waals surface area (Å²) in [4.78, 5) is 4.55. The third-order valence-corrected chi connectivity index (χ3v) is 3.29. The van der Waals surface area contributed by atoms with Crippen molar-refractivity contribution < 1.29 is 4.74 Å². The number of rotatable bonds is 6. The molecule has 0 fully saturated rings. The van der Waals surface area contributed by atoms with Crippen molar-refractivity contribution in [2.45, 2.75) is 60.0 Å². The van der Waals surface area contributed by atoms with Crippen LogP contribution < -0.4 is 4.74 Å². The maximum atomic E-state index is 5.96. The lowest BCUT2D eigenvalue weighted by molar-refractivity contribution is 0.140. The fourth-order valence-electron chi connectivity index (χ4n) is 2.06. The summed E-state index contributed by atoms with van der Waals surface area (Å²) in [6, 6.07) is 6.03. The van der Waals surface area contributed by atoms with Crippen LogP contribution in [0, 0.1) is 11.8 Å². The van der Waals surface area contributed by atoms with Gasteiger partial charge in [-0.1, -0.05) is 40.7 Å². The number of nitrogens with zero attached hydrogens (tertiary/aromatic N) is 1. The zero-order valence-electron chi connectivity index (χ0n) is 12.6. The molecule has 18 heavy (non-hydrogen) atoms. The molecule has 1 unspecified atom stereocenters. The normalized spacial score (nSPS) is 14.9. The van der Waals surface area contributed by atoms with Crippen LogP contribution in [0.15, 0.2) is 18.2 Å². The fraction of sp³-hybridized carbons (Fsp3) is 0.688. The second kappa shape index (κ2) is 6.77. The van der Waals surface area contributed by atoms with Crippen molar-refractivity contribution in [1.82, 2.24) is 4.98 Å². The zero-order chi connectivity index (χ0) is 13.7. The van der Waals surface area contributed by atoms with Crippen molar-refractivity contribution in [2.75, 3.05) is 0 Å². The van der Waals surface area contributed by atoms with Crippen LogP contribution in [0.3, 0.4) is 0 Å². The topological polar surface area (TPSA) is 22.1 Å². The van der Waals surface area contributed by atoms with Crippen LogP contribution in [0.4, 0.5) is 0 Å². The number of hydrogen-bond donors (Lipinski definition) is 0. The minimum absolute atomic E-state index is 0.210. The smallest absolute Gasteiger partial charge is 0.213 e. The molecule has 102 valence electrons. The summed E-state index contributed by atoms with van der Waals surface area (Å²) in [5.74, 6) is 2.46. The van der Waals surface area contributed by atoms with E-state index in [1.807, 2.05) is 12.1 Å². The predicted molar refractivity (Wildman–Crippen MR) is 77.0 cm³/mol. The molecule has 0 bridgehead atoms. The van der Waals surface area contributed by atoms with Gasteiger partial charge in [-0.25, -0.2) is 4.98 Å². The summed E-state index contributed by atoms with van der Waals surface area (Å²) < 4.78 is 5.96. The Hall–Kier alpha value is -1.05. The first-order valence-electron chi connectivity index (χ1n) is 7.03. The van der Waals surface area contributed by atoms with Crippen molar-refractivity contribution in [3.63, 3.8) is 0 Å². The third kappa shape index (κ3) is 4.67. The second-order valence-corrected chi connectivity index (χ2v) is 5.99. The average molecular weight is 249 g/mol. The summed E-state index contributed by atoms with van der Waals surface area (Å²) >= 11 is 0. The van der Waals surface area contributed by atoms with Gasteiger partial charge in [-0.2, -0.15) is 0 Å². The molecule has 0 spiro atoms. The molecule has 2 atom stereocenters. The molecule has 0 saturated heterocycles. The van der Waals surface area contributed by atoms with Crippen LogP contribution >= 0.6 is 0 Å². The molecular formula is C16H27NO. The molecule has 0 aliphatic heterocycles. The minimum atomic E-state index is 0.210. The SMILES string of the molecule is CC(C)CC(C)[C@H](C)Oc1cccc(C(C)C)n1. The molecule has 2 heteroatoms. The van der Waals surface area contributed by atoms with Crippen LogP contribution in [0.5, 0.6) is 5.88 Å². The molecule has 1 aromatic rings. The van der Waals surface area contributed by atoms with Gasteiger partial charge in [0.15, 0.2) is 0 Å². The first-order chi connectivity index (χ1) is 8.40. The lowest BCUT2D eigenvalue weighted by Crippen LogP contribution is -2.23. The van der Waals surface area contributed by atoms with Gasteiger partial charge >= 0.3 is 0 Å². The Morgan fingerprint density at radius 1 is 1.06 bits per heavy atom. The molecule has 0 saturated carbocycles. The van der Waals surface area contributed by atoms with Gasteiger partial charge in [0.05, 0.1) is 0 Å². The number of hydrogen-bond acceptors (Lipinski definition) is 2. The molecule has 1 rings (SSSR count). The van der Waals surface area contributed by atoms with E-state index in [-0.39, 0.29) is 6.10 Å². The maximum absolute atomic E-state index is 5.96. The summed E-state index contributed by atoms with van der Waals surface area (Å²) in [5.41, 5.74) is 1.09. The molecule has 0 aliphatic rings. The maximum Gasteiger partial charge on any atom is 0.213 e. The highest BCUT2D eigenvalue weighted by atomic mass is 16.5. The fourth-order valence-corrected chi connectivity index (χ4v) is 2.06. The predicted octanol–water partition coefficient (Wildman–Crippen LogP) is 4.65. The van der Waals surface area contributed by atoms with Gasteiger partial charge in [0.1, 0.15) is 6.10 Å². The summed E-state index contributed by atoms with van der Waals surface area (Å²) in [6.45, 7) is 13.2. The van der Waals surface area contributed by atoms with Crippen LogP contribution in [0.2, 0.25) is 0 Å². The standard InChI is InChI=1S/C16H27NO/c1-11(2)10-13(5)14(6)18-16-9-7-8-15(17-16)12(3)4/h7-9,11-14H,10H2,1-6H3/t13?,14-/m0/s1. The van der Waals surface area contributed by atoms with E-state index in [0.717, 1.165) is 11.6 Å². The van der Waals surface area contributed by atoms with E-state index < -0.39 is 0 Å². The molecule has 0 radical (unpaired) electrons. The quantitative estimate of drug-likeness (QED) is 0.732. The summed E-state index contributed by atoms with van der Waals surface area (Å²) in [6.07, 6.45) is 1.40. The van der Waals surface area contributed by atoms with Gasteiger partial charge in [-0.3, -0.25) is 0 Å². The molecule has 0 aromatic carbocycles. The number of aromatic nitrogens is 1. The van der Waals surface area contributed by atoms with Crippen LogP contribution in [0.25, 0.3) is 0 Å². The van der Waals surface area contributed by atoms with Crippen molar-refractivity contribution in [2.24, 2.45) is 11.8 Å². The molecule has 2 nitrogen and oxygen atoms in total. The first-order valence-corrected chi connectivity index (χ1v) is 7.03. The molecule has 0 aliphatic carbocycles. The van der Waals surface area contributed by atoms with Gasteiger partial charge in [0, 0.05) is 11.8 Å². The van der Waals surface area contributed by atoms with Gasteiger partial charge < -0.3 is 4.74 Å². The minimum Gasteiger partial charge on any atom is -0.474 e. The third-order valence-electron chi connectivity index (χ3n) is 3.29. The molecule has 0 N–H and O–H groups in total. The van der Waals surface area contributed by atoms with Crippen molar-refractivity contribution in [3.8, 4) is 5.88 Å². The highest BCUT2D eigenvalue weighted by Crippen LogP contribution is 2.21. The second-order valence-electron chi connectivity index (χ2n) is 5.99. The average Bonchev–Trinajstić information content (AvgIpc) is 2.28. The highest BCUT2D eigenvalue weighted by Gasteiger charge is 2.16. The Morgan fingerprint density at radius 2 is 1.72 bits per heavy atom. The van der Waals surface area contributed by atoms with E-state index in [1.54, 1.807) is 0 Å². The molecule has 1 aromatic heterocycles. The van der Waals surface area contributed by atoms with Crippen molar-refractivity contribution in [3.05, 3.63) is 23.9 Å². The Bertz CT molecular complexity index is 360. The summed E-state index contributed by atoms with van der Waals surface area (Å²) in [5, 5.41) is 0. The highest BCUT2D eigenvalue weighted by molar-refractivity contribution is 5.18. The van der Waals surface area contributed by atoms with Gasteiger partial charge in [0.25, 0.3) is 0 Å². The van der Waals surface area contributed by atoms with Gasteiger partial charge in [0.2, 0.25) is 5.88 Å². The van der Waals surface area contributed by atoms with E-state index in [2.05, 4.69) is 52.6 Å². The molecular weight excluding hydrogens is 222 g/mol. The van der Waals surface area contributed by atoms with E-state index in [0.29, 0.717) is 17.8 Å². The van der Waals surface area contributed by atoms with Crippen LogP contribution in [0.1, 0.15) is 59.6 Å². The lowest BCUT2D eigenvalue weighted by Gasteiger charge is -2.22. The monoisotopic (exact) mass is 249 g/mol. The van der Waals surface area contributed by atoms with E-state index >= 15 is 0 Å². The Morgan fingerprint density at radius 3 is 2.28 bits per heavy atom. The Kier molecular flexibility index (Phi) is 5.64. The Balaban J connectivity index is 2.63. The van der Waals surface area contributed by atoms with Crippen LogP contribution in [-0.2, 0) is 0 Å². The zero-order valence-corrected chi connectivity index (χ0v) is 12.6. The van der Waals surface area contributed by atoms with Gasteiger partial charge in [-0.15, -0.1) is 0 Å². The number of pyridine rings is 1. The van der Waals surface area contributed by atoms with Crippen molar-refractivity contribution in [1.29, 1.82) is 0 Å². The van der Waals surface area contributed by atoms with Crippen molar-refractivity contribution >= 4 is 0 Å². The van der Waals surface area contributed by atoms with E-state index in [1.165, 1.54) is 6.42 Å². The van der Waals surface area contributed by atoms with E-state index in [9.17, 15) is 0 Å².